The minimum absolute atomic E-state index is 0.169. The Labute approximate surface area is 113 Å². The van der Waals surface area contributed by atoms with Gasteiger partial charge in [0.05, 0.1) is 5.69 Å². The van der Waals surface area contributed by atoms with Gasteiger partial charge in [0.25, 0.3) is 0 Å². The average Bonchev–Trinajstić information content (AvgIpc) is 2.37. The first-order valence-electron chi connectivity index (χ1n) is 5.75. The first kappa shape index (κ1) is 13.9. The molecule has 0 heterocycles. The number of amides is 2. The third-order valence-corrected chi connectivity index (χ3v) is 2.63. The maximum atomic E-state index is 13.4. The van der Waals surface area contributed by atoms with Crippen molar-refractivity contribution in [2.75, 3.05) is 10.6 Å². The van der Waals surface area contributed by atoms with E-state index in [0.717, 1.165) is 18.2 Å². The minimum Gasteiger partial charge on any atom is -0.307 e. The number of hydrogen-bond donors (Lipinski definition) is 2. The van der Waals surface area contributed by atoms with E-state index >= 15 is 0 Å². The van der Waals surface area contributed by atoms with E-state index in [0.29, 0.717) is 11.6 Å². The van der Waals surface area contributed by atoms with Crippen molar-refractivity contribution in [1.29, 1.82) is 0 Å². The highest BCUT2D eigenvalue weighted by atomic mass is 19.1. The number of halogens is 3. The molecule has 6 heteroatoms. The molecule has 0 atom stereocenters. The Morgan fingerprint density at radius 2 is 1.50 bits per heavy atom. The smallest absolute Gasteiger partial charge is 0.307 e. The zero-order valence-corrected chi connectivity index (χ0v) is 10.5. The fourth-order valence-electron chi connectivity index (χ4n) is 1.60. The number of carbonyl (C=O) groups is 1. The molecule has 0 aliphatic heterocycles. The molecule has 0 aliphatic carbocycles. The summed E-state index contributed by atoms with van der Waals surface area (Å²) in [5.41, 5.74) is 0.754. The molecule has 0 spiro atoms. The molecule has 0 unspecified atom stereocenters. The van der Waals surface area contributed by atoms with Crippen LogP contribution in [0, 0.1) is 24.4 Å². The van der Waals surface area contributed by atoms with Crippen molar-refractivity contribution in [1.82, 2.24) is 0 Å². The molecule has 2 amide bonds. The number of hydrogen-bond acceptors (Lipinski definition) is 1. The zero-order chi connectivity index (χ0) is 14.7. The third kappa shape index (κ3) is 3.28. The van der Waals surface area contributed by atoms with Gasteiger partial charge in [-0.3, -0.25) is 0 Å². The zero-order valence-electron chi connectivity index (χ0n) is 10.5. The molecule has 0 bridgehead atoms. The predicted molar refractivity (Wildman–Crippen MR) is 70.1 cm³/mol. The Morgan fingerprint density at radius 3 is 2.20 bits per heavy atom. The Morgan fingerprint density at radius 1 is 0.900 bits per heavy atom. The largest absolute Gasteiger partial charge is 0.323 e. The molecule has 2 N–H and O–H groups in total. The van der Waals surface area contributed by atoms with E-state index in [2.05, 4.69) is 10.6 Å². The number of aryl methyl sites for hydroxylation is 1. The molecule has 0 saturated heterocycles. The van der Waals surface area contributed by atoms with Crippen LogP contribution in [-0.2, 0) is 0 Å². The van der Waals surface area contributed by atoms with Gasteiger partial charge in [-0.1, -0.05) is 6.07 Å². The summed E-state index contributed by atoms with van der Waals surface area (Å²) in [7, 11) is 0. The van der Waals surface area contributed by atoms with E-state index in [9.17, 15) is 18.0 Å². The number of benzene rings is 2. The lowest BCUT2D eigenvalue weighted by Crippen LogP contribution is -2.20. The van der Waals surface area contributed by atoms with E-state index in [1.54, 1.807) is 6.92 Å². The van der Waals surface area contributed by atoms with Gasteiger partial charge in [0.2, 0.25) is 0 Å². The van der Waals surface area contributed by atoms with Gasteiger partial charge in [0, 0.05) is 11.8 Å². The van der Waals surface area contributed by atoms with Crippen LogP contribution in [0.25, 0.3) is 0 Å². The summed E-state index contributed by atoms with van der Waals surface area (Å²) >= 11 is 0. The Hall–Kier alpha value is -2.50. The molecule has 3 nitrogen and oxygen atoms in total. The first-order valence-corrected chi connectivity index (χ1v) is 5.75. The molecular weight excluding hydrogens is 269 g/mol. The second-order valence-corrected chi connectivity index (χ2v) is 4.16. The topological polar surface area (TPSA) is 41.1 Å². The third-order valence-electron chi connectivity index (χ3n) is 2.63. The normalized spacial score (nSPS) is 10.2. The van der Waals surface area contributed by atoms with E-state index in [4.69, 9.17) is 0 Å². The standard InChI is InChI=1S/C14H11F3N2O/c1-8-2-3-10(16)7-13(8)19-14(20)18-12-5-4-9(15)6-11(12)17/h2-7H,1H3,(H2,18,19,20). The van der Waals surface area contributed by atoms with Crippen LogP contribution in [0.3, 0.4) is 0 Å². The Balaban J connectivity index is 2.11. The maximum Gasteiger partial charge on any atom is 0.323 e. The average molecular weight is 280 g/mol. The highest BCUT2D eigenvalue weighted by molar-refractivity contribution is 6.00. The van der Waals surface area contributed by atoms with E-state index in [1.807, 2.05) is 0 Å². The molecule has 2 rings (SSSR count). The molecule has 0 saturated carbocycles. The lowest BCUT2D eigenvalue weighted by molar-refractivity contribution is 0.262. The molecule has 2 aromatic rings. The molecule has 0 aliphatic rings. The lowest BCUT2D eigenvalue weighted by atomic mass is 10.2. The number of urea groups is 1. The molecule has 104 valence electrons. The van der Waals surface area contributed by atoms with Gasteiger partial charge in [-0.05, 0) is 36.8 Å². The van der Waals surface area contributed by atoms with Crippen molar-refractivity contribution >= 4 is 17.4 Å². The number of rotatable bonds is 2. The second-order valence-electron chi connectivity index (χ2n) is 4.16. The Bertz CT molecular complexity index is 659. The van der Waals surface area contributed by atoms with Crippen molar-refractivity contribution < 1.29 is 18.0 Å². The Kier molecular flexibility index (Phi) is 3.93. The van der Waals surface area contributed by atoms with Gasteiger partial charge in [-0.25, -0.2) is 18.0 Å². The fourth-order valence-corrected chi connectivity index (χ4v) is 1.60. The van der Waals surface area contributed by atoms with Crippen LogP contribution in [-0.4, -0.2) is 6.03 Å². The van der Waals surface area contributed by atoms with Gasteiger partial charge in [-0.15, -0.1) is 0 Å². The van der Waals surface area contributed by atoms with Crippen LogP contribution >= 0.6 is 0 Å². The van der Waals surface area contributed by atoms with Gasteiger partial charge in [-0.2, -0.15) is 0 Å². The summed E-state index contributed by atoms with van der Waals surface area (Å²) in [6, 6.07) is 5.94. The van der Waals surface area contributed by atoms with Crippen molar-refractivity contribution in [2.45, 2.75) is 6.92 Å². The first-order chi connectivity index (χ1) is 9.45. The predicted octanol–water partition coefficient (Wildman–Crippen LogP) is 4.06. The number of anilines is 2. The van der Waals surface area contributed by atoms with Crippen LogP contribution in [0.2, 0.25) is 0 Å². The molecule has 2 aromatic carbocycles. The van der Waals surface area contributed by atoms with E-state index in [-0.39, 0.29) is 11.4 Å². The SMILES string of the molecule is Cc1ccc(F)cc1NC(=O)Nc1ccc(F)cc1F. The van der Waals surface area contributed by atoms with Crippen molar-refractivity contribution in [3.8, 4) is 0 Å². The monoisotopic (exact) mass is 280 g/mol. The second kappa shape index (κ2) is 5.64. The van der Waals surface area contributed by atoms with Crippen LogP contribution in [0.5, 0.6) is 0 Å². The van der Waals surface area contributed by atoms with Crippen LogP contribution in [0.15, 0.2) is 36.4 Å². The molecule has 20 heavy (non-hydrogen) atoms. The molecule has 0 radical (unpaired) electrons. The van der Waals surface area contributed by atoms with Gasteiger partial charge in [0.15, 0.2) is 0 Å². The highest BCUT2D eigenvalue weighted by Gasteiger charge is 2.09. The maximum absolute atomic E-state index is 13.4. The fraction of sp³-hybridized carbons (Fsp3) is 0.0714. The van der Waals surface area contributed by atoms with Crippen molar-refractivity contribution in [3.05, 3.63) is 59.4 Å². The van der Waals surface area contributed by atoms with E-state index < -0.39 is 23.5 Å². The van der Waals surface area contributed by atoms with Crippen LogP contribution in [0.1, 0.15) is 5.56 Å². The van der Waals surface area contributed by atoms with Gasteiger partial charge < -0.3 is 10.6 Å². The summed E-state index contributed by atoms with van der Waals surface area (Å²) in [6.07, 6.45) is 0. The summed E-state index contributed by atoms with van der Waals surface area (Å²) in [6.45, 7) is 1.69. The van der Waals surface area contributed by atoms with Crippen LogP contribution in [0.4, 0.5) is 29.3 Å². The number of nitrogens with one attached hydrogen (secondary N) is 2. The quantitative estimate of drug-likeness (QED) is 0.855. The minimum atomic E-state index is -0.892. The highest BCUT2D eigenvalue weighted by Crippen LogP contribution is 2.18. The van der Waals surface area contributed by atoms with Gasteiger partial charge >= 0.3 is 6.03 Å². The van der Waals surface area contributed by atoms with Crippen molar-refractivity contribution in [3.63, 3.8) is 0 Å². The van der Waals surface area contributed by atoms with Crippen molar-refractivity contribution in [2.24, 2.45) is 0 Å². The lowest BCUT2D eigenvalue weighted by Gasteiger charge is -2.10. The van der Waals surface area contributed by atoms with Gasteiger partial charge in [0.1, 0.15) is 17.5 Å². The summed E-state index contributed by atoms with van der Waals surface area (Å²) in [5.74, 6) is -2.13. The van der Waals surface area contributed by atoms with Crippen LogP contribution < -0.4 is 10.6 Å². The molecular formula is C14H11F3N2O. The number of carbonyl (C=O) groups excluding carboxylic acids is 1. The summed E-state index contributed by atoms with van der Waals surface area (Å²) in [5, 5.41) is 4.61. The molecule has 0 aromatic heterocycles. The summed E-state index contributed by atoms with van der Waals surface area (Å²) < 4.78 is 39.1. The summed E-state index contributed by atoms with van der Waals surface area (Å²) in [4.78, 5) is 11.7. The van der Waals surface area contributed by atoms with E-state index in [1.165, 1.54) is 12.1 Å². The molecule has 0 fully saturated rings.